The van der Waals surface area contributed by atoms with Crippen molar-refractivity contribution in [1.82, 2.24) is 0 Å². The van der Waals surface area contributed by atoms with Gasteiger partial charge in [0.05, 0.1) is 11.1 Å². The maximum absolute atomic E-state index is 14.3. The molecule has 0 aromatic heterocycles. The second kappa shape index (κ2) is 17.7. The van der Waals surface area contributed by atoms with Crippen LogP contribution in [0.2, 0.25) is 0 Å². The minimum Gasteiger partial charge on any atom is -0.288 e. The lowest BCUT2D eigenvalue weighted by atomic mass is 9.71. The number of rotatable bonds is 4. The predicted molar refractivity (Wildman–Crippen MR) is 298 cm³/mol. The fourth-order valence-corrected chi connectivity index (χ4v) is 11.0. The molecule has 0 saturated carbocycles. The van der Waals surface area contributed by atoms with E-state index in [0.29, 0.717) is 45.5 Å². The van der Waals surface area contributed by atoms with Crippen LogP contribution in [0.3, 0.4) is 0 Å². The van der Waals surface area contributed by atoms with E-state index >= 15 is 0 Å². The molecule has 0 spiro atoms. The zero-order valence-electron chi connectivity index (χ0n) is 46.4. The maximum Gasteiger partial charge on any atom is 0.198 e. The summed E-state index contributed by atoms with van der Waals surface area (Å²) in [5.74, 6) is -1.03. The number of carbonyl (C=O) groups is 4. The van der Waals surface area contributed by atoms with Crippen LogP contribution in [0.4, 0.5) is 0 Å². The Balaban J connectivity index is 1.56. The van der Waals surface area contributed by atoms with E-state index < -0.39 is 0 Å². The molecule has 72 heavy (non-hydrogen) atoms. The van der Waals surface area contributed by atoms with Gasteiger partial charge in [0.1, 0.15) is 0 Å². The fourth-order valence-electron chi connectivity index (χ4n) is 11.0. The van der Waals surface area contributed by atoms with Gasteiger partial charge in [-0.1, -0.05) is 222 Å². The summed E-state index contributed by atoms with van der Waals surface area (Å²) in [6.07, 6.45) is 1.06. The van der Waals surface area contributed by atoms with E-state index in [0.717, 1.165) is 21.6 Å². The van der Waals surface area contributed by atoms with Gasteiger partial charge in [-0.2, -0.15) is 0 Å². The van der Waals surface area contributed by atoms with Crippen LogP contribution >= 0.6 is 0 Å². The monoisotopic (exact) mass is 957 g/mol. The third kappa shape index (κ3) is 9.59. The van der Waals surface area contributed by atoms with E-state index in [9.17, 15) is 19.2 Å². The highest BCUT2D eigenvalue weighted by atomic mass is 16.2. The molecule has 6 aromatic rings. The van der Waals surface area contributed by atoms with E-state index in [1.807, 2.05) is 36.4 Å². The molecule has 0 heterocycles. The van der Waals surface area contributed by atoms with Crippen molar-refractivity contribution < 1.29 is 19.2 Å². The summed E-state index contributed by atoms with van der Waals surface area (Å²) in [6.45, 7) is 41.1. The van der Waals surface area contributed by atoms with E-state index in [4.69, 9.17) is 0 Å². The zero-order chi connectivity index (χ0) is 53.0. The molecule has 0 atom stereocenters. The van der Waals surface area contributed by atoms with E-state index in [1.165, 1.54) is 44.5 Å². The second-order valence-electron chi connectivity index (χ2n) is 26.9. The number of hydrogen-bond acceptors (Lipinski definition) is 4. The Morgan fingerprint density at radius 2 is 0.556 bits per heavy atom. The lowest BCUT2D eigenvalue weighted by Gasteiger charge is -2.34. The number of fused-ring (bicyclic) bond motifs is 2. The summed E-state index contributed by atoms with van der Waals surface area (Å²) in [5, 5.41) is 3.12. The van der Waals surface area contributed by atoms with Gasteiger partial charge < -0.3 is 0 Å². The summed E-state index contributed by atoms with van der Waals surface area (Å²) in [6, 6.07) is 36.1. The van der Waals surface area contributed by atoms with Gasteiger partial charge in [0.15, 0.2) is 23.1 Å². The lowest BCUT2D eigenvalue weighted by molar-refractivity contribution is 0.101. The highest BCUT2D eigenvalue weighted by molar-refractivity contribution is 6.56. The first-order chi connectivity index (χ1) is 33.2. The van der Waals surface area contributed by atoms with Crippen molar-refractivity contribution in [3.63, 3.8) is 0 Å². The van der Waals surface area contributed by atoms with Crippen LogP contribution < -0.4 is 10.4 Å². The Morgan fingerprint density at radius 3 is 0.778 bits per heavy atom. The number of benzene rings is 6. The molecule has 2 aliphatic carbocycles. The van der Waals surface area contributed by atoms with Gasteiger partial charge in [-0.3, -0.25) is 19.2 Å². The molecule has 8 rings (SSSR count). The smallest absolute Gasteiger partial charge is 0.198 e. The van der Waals surface area contributed by atoms with Gasteiger partial charge in [0.2, 0.25) is 0 Å². The van der Waals surface area contributed by atoms with Gasteiger partial charge in [0.25, 0.3) is 0 Å². The largest absolute Gasteiger partial charge is 0.288 e. The number of carbonyl (C=O) groups excluding carboxylic acids is 4. The summed E-state index contributed by atoms with van der Waals surface area (Å²) in [7, 11) is 0. The normalized spacial score (nSPS) is 15.2. The fraction of sp³-hybridized carbons (Fsp3) is 0.382. The Kier molecular flexibility index (Phi) is 12.8. The molecule has 372 valence electrons. The molecular weight excluding hydrogens is 881 g/mol. The third-order valence-electron chi connectivity index (χ3n) is 15.0. The Morgan fingerprint density at radius 1 is 0.306 bits per heavy atom. The van der Waals surface area contributed by atoms with Crippen LogP contribution in [0.1, 0.15) is 222 Å². The van der Waals surface area contributed by atoms with Gasteiger partial charge >= 0.3 is 0 Å². The van der Waals surface area contributed by atoms with Gasteiger partial charge in [-0.05, 0) is 134 Å². The number of ketones is 4. The molecule has 0 fully saturated rings. The van der Waals surface area contributed by atoms with Crippen molar-refractivity contribution in [1.29, 1.82) is 0 Å². The molecule has 2 aliphatic rings. The molecule has 0 unspecified atom stereocenters. The first-order valence-electron chi connectivity index (χ1n) is 25.9. The molecule has 0 radical (unpaired) electrons. The van der Waals surface area contributed by atoms with Crippen LogP contribution in [0.5, 0.6) is 0 Å². The minimum atomic E-state index is -0.258. The summed E-state index contributed by atoms with van der Waals surface area (Å²) >= 11 is 0. The summed E-state index contributed by atoms with van der Waals surface area (Å²) in [5.41, 5.74) is 13.0. The molecule has 0 bridgehead atoms. The predicted octanol–water partition coefficient (Wildman–Crippen LogP) is 14.4. The molecule has 4 heteroatoms. The molecule has 0 aliphatic heterocycles. The number of hydrogen-bond donors (Lipinski definition) is 0. The molecule has 6 aromatic carbocycles. The van der Waals surface area contributed by atoms with Crippen LogP contribution in [-0.2, 0) is 45.3 Å². The third-order valence-corrected chi connectivity index (χ3v) is 15.0. The molecule has 0 saturated heterocycles. The van der Waals surface area contributed by atoms with E-state index in [-0.39, 0.29) is 66.8 Å². The van der Waals surface area contributed by atoms with E-state index in [2.05, 4.69) is 173 Å². The summed E-state index contributed by atoms with van der Waals surface area (Å²) in [4.78, 5) is 57.1. The van der Waals surface area contributed by atoms with Crippen LogP contribution in [0.15, 0.2) is 109 Å². The van der Waals surface area contributed by atoms with Crippen molar-refractivity contribution >= 4 is 34.3 Å². The van der Waals surface area contributed by atoms with Crippen LogP contribution in [0.25, 0.3) is 11.1 Å². The standard InChI is InChI=1S/C68H76O4/c1-63(2,3)43-35-53(65(7,8)9)51(54(36-43)66(10,11)12)33-41-31-39(57-59(69)47-23-19-20-24-48(47)60(57)70)27-29-45(41)46-30-28-40(58-61(71)49-25-21-22-26-50(49)62(58)72)32-42(46)34-52-55(67(13,14)15)37-44(64(4,5)6)38-56(52)68(16,17)18/h19-32,35-38H,33-34H2,1-18H3/b46-45+. The Hall–Kier alpha value is -6.26. The second-order valence-corrected chi connectivity index (χ2v) is 26.9. The highest BCUT2D eigenvalue weighted by Gasteiger charge is 2.36. The lowest BCUT2D eigenvalue weighted by Crippen LogP contribution is -2.25. The van der Waals surface area contributed by atoms with Crippen LogP contribution in [-0.4, -0.2) is 23.1 Å². The highest BCUT2D eigenvalue weighted by Crippen LogP contribution is 2.42. The molecule has 0 N–H and O–H groups in total. The minimum absolute atomic E-state index is 0.0978. The van der Waals surface area contributed by atoms with Crippen molar-refractivity contribution in [2.45, 2.75) is 170 Å². The van der Waals surface area contributed by atoms with Crippen molar-refractivity contribution in [2.24, 2.45) is 0 Å². The van der Waals surface area contributed by atoms with Crippen molar-refractivity contribution in [3.05, 3.63) is 208 Å². The van der Waals surface area contributed by atoms with E-state index in [1.54, 1.807) is 24.3 Å². The molecule has 0 amide bonds. The van der Waals surface area contributed by atoms with Gasteiger partial charge in [0, 0.05) is 22.3 Å². The molecule has 4 nitrogen and oxygen atoms in total. The number of Topliss-reactive ketones (excluding diaryl/α,β-unsaturated/α-hetero) is 4. The average molecular weight is 957 g/mol. The van der Waals surface area contributed by atoms with Crippen LogP contribution in [0, 0.1) is 10.4 Å². The average Bonchev–Trinajstić information content (AvgIpc) is 3.67. The maximum atomic E-state index is 14.3. The van der Waals surface area contributed by atoms with Crippen molar-refractivity contribution in [3.8, 4) is 0 Å². The zero-order valence-corrected chi connectivity index (χ0v) is 46.4. The Labute approximate surface area is 429 Å². The first kappa shape index (κ1) is 52.1. The summed E-state index contributed by atoms with van der Waals surface area (Å²) < 4.78 is 0. The topological polar surface area (TPSA) is 68.3 Å². The molecular formula is C68H76O4. The quantitative estimate of drug-likeness (QED) is 0.177. The van der Waals surface area contributed by atoms with Gasteiger partial charge in [-0.15, -0.1) is 0 Å². The first-order valence-corrected chi connectivity index (χ1v) is 25.9. The van der Waals surface area contributed by atoms with Crippen molar-refractivity contribution in [2.75, 3.05) is 0 Å². The SMILES string of the molecule is CC(C)(C)c1cc(C(C)(C)C)c(Cc2cc(=C3C(=O)c4ccccc4C3=O)cc/c2=c2/ccc(=C3C(=O)c4ccccc4C3=O)cc2Cc2c(C(C)(C)C)cc(C(C)(C)C)cc2C(C)(C)C)c(C(C)(C)C)c1. The van der Waals surface area contributed by atoms with Gasteiger partial charge in [-0.25, -0.2) is 0 Å². The Bertz CT molecular complexity index is 3140.